The lowest BCUT2D eigenvalue weighted by Gasteiger charge is -2.21. The molecule has 2 aromatic carbocycles. The molecule has 152 valence electrons. The highest BCUT2D eigenvalue weighted by atomic mass is 32.2. The molecular weight excluding hydrogens is 414 g/mol. The van der Waals surface area contributed by atoms with Gasteiger partial charge < -0.3 is 5.32 Å². The Balaban J connectivity index is 1.65. The number of rotatable bonds is 5. The Morgan fingerprint density at radius 2 is 1.76 bits per heavy atom. The lowest BCUT2D eigenvalue weighted by atomic mass is 9.94. The smallest absolute Gasteiger partial charge is 0.252 e. The van der Waals surface area contributed by atoms with Gasteiger partial charge in [-0.05, 0) is 36.8 Å². The summed E-state index contributed by atoms with van der Waals surface area (Å²) in [6.07, 6.45) is 0. The first kappa shape index (κ1) is 20.0. The van der Waals surface area contributed by atoms with E-state index in [4.69, 9.17) is 0 Å². The van der Waals surface area contributed by atoms with Gasteiger partial charge >= 0.3 is 0 Å². The summed E-state index contributed by atoms with van der Waals surface area (Å²) < 4.78 is 54.9. The van der Waals surface area contributed by atoms with E-state index in [0.29, 0.717) is 16.4 Å². The summed E-state index contributed by atoms with van der Waals surface area (Å²) in [5.74, 6) is -1.98. The molecule has 29 heavy (non-hydrogen) atoms. The number of anilines is 1. The number of nitrogens with one attached hydrogen (secondary N) is 1. The number of nitrogens with zero attached hydrogens (tertiary/aromatic N) is 1. The van der Waals surface area contributed by atoms with E-state index in [0.717, 1.165) is 22.6 Å². The first-order valence-electron chi connectivity index (χ1n) is 9.18. The van der Waals surface area contributed by atoms with Crippen LogP contribution in [0.25, 0.3) is 0 Å². The molecule has 0 spiro atoms. The maximum atomic E-state index is 13.6. The lowest BCUT2D eigenvalue weighted by molar-refractivity contribution is 0.473. The number of aryl methyl sites for hydroxylation is 1. The highest BCUT2D eigenvalue weighted by molar-refractivity contribution is 7.91. The van der Waals surface area contributed by atoms with Gasteiger partial charge in [-0.1, -0.05) is 30.3 Å². The molecule has 2 atom stereocenters. The van der Waals surface area contributed by atoms with Gasteiger partial charge in [0.1, 0.15) is 4.21 Å². The van der Waals surface area contributed by atoms with Crippen molar-refractivity contribution in [3.63, 3.8) is 0 Å². The third-order valence-electron chi connectivity index (χ3n) is 5.10. The summed E-state index contributed by atoms with van der Waals surface area (Å²) in [4.78, 5) is 0.929. The van der Waals surface area contributed by atoms with Gasteiger partial charge in [-0.2, -0.15) is 4.31 Å². The topological polar surface area (TPSA) is 49.4 Å². The molecular formula is C21H20F2N2O2S2. The van der Waals surface area contributed by atoms with Gasteiger partial charge in [0, 0.05) is 41.7 Å². The number of sulfonamides is 1. The van der Waals surface area contributed by atoms with Gasteiger partial charge in [0.25, 0.3) is 10.0 Å². The monoisotopic (exact) mass is 434 g/mol. The summed E-state index contributed by atoms with van der Waals surface area (Å²) >= 11 is 1.25. The third kappa shape index (κ3) is 4.05. The van der Waals surface area contributed by atoms with Crippen LogP contribution in [-0.4, -0.2) is 31.9 Å². The molecule has 1 saturated heterocycles. The van der Waals surface area contributed by atoms with Gasteiger partial charge in [0.15, 0.2) is 11.6 Å². The number of benzene rings is 2. The van der Waals surface area contributed by atoms with Gasteiger partial charge in [0.05, 0.1) is 0 Å². The SMILES string of the molecule is Cc1ccc(S(=O)(=O)N2CC(Nc3ccc(F)c(F)c3)C(c3ccccc3)C2)s1. The van der Waals surface area contributed by atoms with Crippen LogP contribution in [0.1, 0.15) is 16.4 Å². The number of hydrogen-bond donors (Lipinski definition) is 1. The Bertz CT molecular complexity index is 1120. The van der Waals surface area contributed by atoms with Crippen molar-refractivity contribution in [3.8, 4) is 0 Å². The van der Waals surface area contributed by atoms with Crippen molar-refractivity contribution in [2.75, 3.05) is 18.4 Å². The minimum absolute atomic E-state index is 0.125. The minimum atomic E-state index is -3.62. The molecule has 0 saturated carbocycles. The van der Waals surface area contributed by atoms with Crippen molar-refractivity contribution in [3.05, 3.63) is 82.7 Å². The summed E-state index contributed by atoms with van der Waals surface area (Å²) in [7, 11) is -3.62. The van der Waals surface area contributed by atoms with Crippen LogP contribution in [0.5, 0.6) is 0 Å². The van der Waals surface area contributed by atoms with Crippen molar-refractivity contribution in [1.29, 1.82) is 0 Å². The fourth-order valence-corrected chi connectivity index (χ4v) is 6.56. The van der Waals surface area contributed by atoms with E-state index < -0.39 is 21.7 Å². The zero-order chi connectivity index (χ0) is 20.6. The zero-order valence-electron chi connectivity index (χ0n) is 15.7. The Kier molecular flexibility index (Phi) is 5.42. The molecule has 1 aliphatic rings. The van der Waals surface area contributed by atoms with E-state index in [1.54, 1.807) is 12.1 Å². The second-order valence-corrected chi connectivity index (χ2v) is 10.5. The molecule has 2 unspecified atom stereocenters. The van der Waals surface area contributed by atoms with E-state index >= 15 is 0 Å². The normalized spacial score (nSPS) is 20.1. The molecule has 4 nitrogen and oxygen atoms in total. The van der Waals surface area contributed by atoms with E-state index in [-0.39, 0.29) is 18.5 Å². The average molecular weight is 435 g/mol. The van der Waals surface area contributed by atoms with Crippen molar-refractivity contribution < 1.29 is 17.2 Å². The van der Waals surface area contributed by atoms with Crippen molar-refractivity contribution in [2.24, 2.45) is 0 Å². The maximum absolute atomic E-state index is 13.6. The molecule has 1 N–H and O–H groups in total. The maximum Gasteiger partial charge on any atom is 0.252 e. The first-order chi connectivity index (χ1) is 13.8. The van der Waals surface area contributed by atoms with Crippen molar-refractivity contribution >= 4 is 27.0 Å². The molecule has 1 fully saturated rings. The zero-order valence-corrected chi connectivity index (χ0v) is 17.3. The number of hydrogen-bond acceptors (Lipinski definition) is 4. The van der Waals surface area contributed by atoms with E-state index in [9.17, 15) is 17.2 Å². The predicted octanol–water partition coefficient (Wildman–Crippen LogP) is 4.60. The van der Waals surface area contributed by atoms with Gasteiger partial charge in [-0.25, -0.2) is 17.2 Å². The van der Waals surface area contributed by atoms with Crippen molar-refractivity contribution in [1.82, 2.24) is 4.31 Å². The van der Waals surface area contributed by atoms with Gasteiger partial charge in [-0.3, -0.25) is 0 Å². The second kappa shape index (κ2) is 7.85. The fraction of sp³-hybridized carbons (Fsp3) is 0.238. The van der Waals surface area contributed by atoms with Crippen LogP contribution in [0.3, 0.4) is 0 Å². The molecule has 0 radical (unpaired) electrons. The average Bonchev–Trinajstić information content (AvgIpc) is 3.33. The van der Waals surface area contributed by atoms with Crippen LogP contribution in [0.4, 0.5) is 14.5 Å². The Labute approximate surface area is 172 Å². The molecule has 0 aliphatic carbocycles. The summed E-state index contributed by atoms with van der Waals surface area (Å²) in [6, 6.07) is 16.4. The highest BCUT2D eigenvalue weighted by Gasteiger charge is 2.40. The molecule has 0 bridgehead atoms. The predicted molar refractivity (Wildman–Crippen MR) is 111 cm³/mol. The largest absolute Gasteiger partial charge is 0.380 e. The van der Waals surface area contributed by atoms with Gasteiger partial charge in [-0.15, -0.1) is 11.3 Å². The Morgan fingerprint density at radius 1 is 1.00 bits per heavy atom. The van der Waals surface area contributed by atoms with Crippen LogP contribution in [0, 0.1) is 18.6 Å². The minimum Gasteiger partial charge on any atom is -0.380 e. The van der Waals surface area contributed by atoms with Crippen LogP contribution in [-0.2, 0) is 10.0 Å². The standard InChI is InChI=1S/C21H20F2N2O2S2/c1-14-7-10-21(28-14)29(26,27)25-12-17(15-5-3-2-4-6-15)20(13-25)24-16-8-9-18(22)19(23)11-16/h2-11,17,20,24H,12-13H2,1H3. The Morgan fingerprint density at radius 3 is 2.41 bits per heavy atom. The highest BCUT2D eigenvalue weighted by Crippen LogP contribution is 2.35. The quantitative estimate of drug-likeness (QED) is 0.638. The molecule has 0 amide bonds. The summed E-state index contributed by atoms with van der Waals surface area (Å²) in [5, 5.41) is 3.21. The fourth-order valence-electron chi connectivity index (χ4n) is 3.63. The van der Waals surface area contributed by atoms with E-state index in [1.807, 2.05) is 37.3 Å². The second-order valence-electron chi connectivity index (χ2n) is 7.08. The van der Waals surface area contributed by atoms with Crippen molar-refractivity contribution in [2.45, 2.75) is 23.1 Å². The number of halogens is 2. The summed E-state index contributed by atoms with van der Waals surface area (Å²) in [6.45, 7) is 2.41. The van der Waals surface area contributed by atoms with Crippen LogP contribution >= 0.6 is 11.3 Å². The lowest BCUT2D eigenvalue weighted by Crippen LogP contribution is -2.31. The molecule has 2 heterocycles. The van der Waals surface area contributed by atoms with E-state index in [2.05, 4.69) is 5.32 Å². The molecule has 3 aromatic rings. The molecule has 4 rings (SSSR count). The molecule has 1 aliphatic heterocycles. The summed E-state index contributed by atoms with van der Waals surface area (Å²) in [5.41, 5.74) is 1.41. The number of thiophene rings is 1. The van der Waals surface area contributed by atoms with Crippen LogP contribution in [0.2, 0.25) is 0 Å². The molecule has 1 aromatic heterocycles. The molecule has 8 heteroatoms. The first-order valence-corrected chi connectivity index (χ1v) is 11.4. The third-order valence-corrected chi connectivity index (χ3v) is 8.40. The van der Waals surface area contributed by atoms with Gasteiger partial charge in [0.2, 0.25) is 0 Å². The van der Waals surface area contributed by atoms with E-state index in [1.165, 1.54) is 21.7 Å². The van der Waals surface area contributed by atoms with Crippen LogP contribution in [0.15, 0.2) is 64.9 Å². The Hall–Kier alpha value is -2.29. The van der Waals surface area contributed by atoms with Crippen LogP contribution < -0.4 is 5.32 Å².